The summed E-state index contributed by atoms with van der Waals surface area (Å²) in [5, 5.41) is 18.3. The second-order valence-corrected chi connectivity index (χ2v) is 7.34. The normalized spacial score (nSPS) is 21.8. The van der Waals surface area contributed by atoms with Crippen molar-refractivity contribution in [2.24, 2.45) is 5.73 Å². The first-order chi connectivity index (χ1) is 12.5. The third-order valence-corrected chi connectivity index (χ3v) is 5.35. The maximum absolute atomic E-state index is 13.8. The Labute approximate surface area is 151 Å². The van der Waals surface area contributed by atoms with Gasteiger partial charge in [0, 0.05) is 29.1 Å². The zero-order chi connectivity index (χ0) is 18.3. The summed E-state index contributed by atoms with van der Waals surface area (Å²) in [6.45, 7) is 4.35. The van der Waals surface area contributed by atoms with Gasteiger partial charge in [-0.1, -0.05) is 19.1 Å². The highest BCUT2D eigenvalue weighted by Crippen LogP contribution is 2.31. The molecule has 1 aliphatic rings. The van der Waals surface area contributed by atoms with Crippen LogP contribution in [0.5, 0.6) is 0 Å². The molecule has 6 heteroatoms. The molecule has 136 valence electrons. The number of halogens is 1. The van der Waals surface area contributed by atoms with Crippen molar-refractivity contribution in [2.45, 2.75) is 31.4 Å². The SMILES string of the molecule is CC1(c2ccc(-n3cc4cc(F)cc(C(N)O)c4n3)cc2)CCCNC1. The van der Waals surface area contributed by atoms with Gasteiger partial charge in [0.2, 0.25) is 0 Å². The van der Waals surface area contributed by atoms with Crippen LogP contribution < -0.4 is 11.1 Å². The summed E-state index contributed by atoms with van der Waals surface area (Å²) in [4.78, 5) is 0. The Morgan fingerprint density at radius 2 is 2.08 bits per heavy atom. The molecule has 1 aromatic heterocycles. The van der Waals surface area contributed by atoms with E-state index in [1.165, 1.54) is 30.5 Å². The molecular weight excluding hydrogens is 331 g/mol. The summed E-state index contributed by atoms with van der Waals surface area (Å²) in [6, 6.07) is 10.9. The highest BCUT2D eigenvalue weighted by atomic mass is 19.1. The maximum Gasteiger partial charge on any atom is 0.130 e. The first-order valence-electron chi connectivity index (χ1n) is 8.90. The number of hydrogen-bond donors (Lipinski definition) is 3. The van der Waals surface area contributed by atoms with Gasteiger partial charge in [0.15, 0.2) is 0 Å². The molecule has 0 spiro atoms. The van der Waals surface area contributed by atoms with Gasteiger partial charge in [-0.3, -0.25) is 0 Å². The Balaban J connectivity index is 1.70. The Hall–Kier alpha value is -2.28. The Bertz CT molecular complexity index is 927. The van der Waals surface area contributed by atoms with Gasteiger partial charge in [-0.2, -0.15) is 5.10 Å². The van der Waals surface area contributed by atoms with Crippen LogP contribution in [0, 0.1) is 5.82 Å². The molecule has 0 saturated carbocycles. The van der Waals surface area contributed by atoms with E-state index in [9.17, 15) is 9.50 Å². The minimum atomic E-state index is -1.27. The van der Waals surface area contributed by atoms with Gasteiger partial charge in [0.05, 0.1) is 5.69 Å². The van der Waals surface area contributed by atoms with E-state index in [2.05, 4.69) is 29.5 Å². The Morgan fingerprint density at radius 1 is 1.31 bits per heavy atom. The van der Waals surface area contributed by atoms with Gasteiger partial charge in [-0.25, -0.2) is 9.07 Å². The molecule has 0 amide bonds. The monoisotopic (exact) mass is 354 g/mol. The number of piperidine rings is 1. The Morgan fingerprint density at radius 3 is 2.73 bits per heavy atom. The summed E-state index contributed by atoms with van der Waals surface area (Å²) in [7, 11) is 0. The Kier molecular flexibility index (Phi) is 4.26. The minimum Gasteiger partial charge on any atom is -0.374 e. The number of aliphatic hydroxyl groups excluding tert-OH is 1. The number of nitrogens with two attached hydrogens (primary N) is 1. The molecule has 3 aromatic rings. The molecule has 5 nitrogen and oxygen atoms in total. The quantitative estimate of drug-likeness (QED) is 0.632. The summed E-state index contributed by atoms with van der Waals surface area (Å²) in [5.41, 5.74) is 8.67. The van der Waals surface area contributed by atoms with Crippen LogP contribution in [0.4, 0.5) is 4.39 Å². The zero-order valence-corrected chi connectivity index (χ0v) is 14.7. The number of aliphatic hydroxyl groups is 1. The van der Waals surface area contributed by atoms with Gasteiger partial charge in [0.1, 0.15) is 17.6 Å². The fourth-order valence-corrected chi connectivity index (χ4v) is 3.80. The van der Waals surface area contributed by atoms with Crippen molar-refractivity contribution in [3.05, 3.63) is 59.5 Å². The van der Waals surface area contributed by atoms with Gasteiger partial charge in [0.25, 0.3) is 0 Å². The van der Waals surface area contributed by atoms with E-state index in [4.69, 9.17) is 5.73 Å². The van der Waals surface area contributed by atoms with Crippen LogP contribution in [0.25, 0.3) is 16.6 Å². The van der Waals surface area contributed by atoms with Crippen molar-refractivity contribution in [1.29, 1.82) is 0 Å². The zero-order valence-electron chi connectivity index (χ0n) is 14.7. The molecule has 2 unspecified atom stereocenters. The second-order valence-electron chi connectivity index (χ2n) is 7.34. The molecule has 26 heavy (non-hydrogen) atoms. The van der Waals surface area contributed by atoms with Crippen molar-refractivity contribution in [3.8, 4) is 5.69 Å². The number of aromatic nitrogens is 2. The van der Waals surface area contributed by atoms with Gasteiger partial charge in [-0.05, 0) is 49.2 Å². The standard InChI is InChI=1S/C20H23FN4O/c1-20(7-2-8-23-12-20)14-3-5-16(6-4-14)25-11-13-9-15(21)10-17(19(22)26)18(13)24-25/h3-6,9-11,19,23,26H,2,7-8,12,22H2,1H3. The molecule has 2 atom stereocenters. The van der Waals surface area contributed by atoms with Crippen LogP contribution in [0.15, 0.2) is 42.6 Å². The number of benzene rings is 2. The molecule has 1 saturated heterocycles. The third kappa shape index (κ3) is 3.00. The number of hydrogen-bond acceptors (Lipinski definition) is 4. The van der Waals surface area contributed by atoms with Crippen molar-refractivity contribution >= 4 is 10.9 Å². The minimum absolute atomic E-state index is 0.144. The smallest absolute Gasteiger partial charge is 0.130 e. The lowest BCUT2D eigenvalue weighted by molar-refractivity contribution is 0.187. The molecule has 0 aliphatic carbocycles. The van der Waals surface area contributed by atoms with Crippen molar-refractivity contribution in [1.82, 2.24) is 15.1 Å². The predicted molar refractivity (Wildman–Crippen MR) is 99.6 cm³/mol. The van der Waals surface area contributed by atoms with E-state index in [1.807, 2.05) is 12.1 Å². The van der Waals surface area contributed by atoms with Crippen LogP contribution in [0.1, 0.15) is 37.1 Å². The fourth-order valence-electron chi connectivity index (χ4n) is 3.80. The molecule has 0 bridgehead atoms. The topological polar surface area (TPSA) is 76.1 Å². The first kappa shape index (κ1) is 17.1. The molecular formula is C20H23FN4O. The fraction of sp³-hybridized carbons (Fsp3) is 0.350. The summed E-state index contributed by atoms with van der Waals surface area (Å²) < 4.78 is 15.5. The molecule has 4 rings (SSSR count). The highest BCUT2D eigenvalue weighted by Gasteiger charge is 2.28. The van der Waals surface area contributed by atoms with Crippen molar-refractivity contribution in [2.75, 3.05) is 13.1 Å². The van der Waals surface area contributed by atoms with E-state index in [1.54, 1.807) is 10.9 Å². The third-order valence-electron chi connectivity index (χ3n) is 5.35. The van der Waals surface area contributed by atoms with Gasteiger partial charge >= 0.3 is 0 Å². The van der Waals surface area contributed by atoms with E-state index >= 15 is 0 Å². The highest BCUT2D eigenvalue weighted by molar-refractivity contribution is 5.82. The average Bonchev–Trinajstić information content (AvgIpc) is 3.05. The second kappa shape index (κ2) is 6.46. The molecule has 0 radical (unpaired) electrons. The molecule has 2 heterocycles. The molecule has 4 N–H and O–H groups in total. The largest absolute Gasteiger partial charge is 0.374 e. The van der Waals surface area contributed by atoms with Crippen LogP contribution >= 0.6 is 0 Å². The number of nitrogens with one attached hydrogen (secondary N) is 1. The van der Waals surface area contributed by atoms with E-state index in [0.717, 1.165) is 18.8 Å². The summed E-state index contributed by atoms with van der Waals surface area (Å²) in [5.74, 6) is -0.440. The van der Waals surface area contributed by atoms with E-state index in [-0.39, 0.29) is 11.0 Å². The van der Waals surface area contributed by atoms with E-state index < -0.39 is 12.0 Å². The maximum atomic E-state index is 13.8. The van der Waals surface area contributed by atoms with Gasteiger partial charge < -0.3 is 16.2 Å². The molecule has 1 aliphatic heterocycles. The lowest BCUT2D eigenvalue weighted by Gasteiger charge is -2.34. The number of rotatable bonds is 3. The lowest BCUT2D eigenvalue weighted by atomic mass is 9.76. The number of nitrogens with zero attached hydrogens (tertiary/aromatic N) is 2. The number of fused-ring (bicyclic) bond motifs is 1. The molecule has 1 fully saturated rings. The van der Waals surface area contributed by atoms with Crippen LogP contribution in [0.2, 0.25) is 0 Å². The predicted octanol–water partition coefficient (Wildman–Crippen LogP) is 2.76. The molecule has 2 aromatic carbocycles. The van der Waals surface area contributed by atoms with E-state index in [0.29, 0.717) is 10.9 Å². The van der Waals surface area contributed by atoms with Crippen molar-refractivity contribution in [3.63, 3.8) is 0 Å². The average molecular weight is 354 g/mol. The van der Waals surface area contributed by atoms with Gasteiger partial charge in [-0.15, -0.1) is 0 Å². The first-order valence-corrected chi connectivity index (χ1v) is 8.90. The lowest BCUT2D eigenvalue weighted by Crippen LogP contribution is -2.41. The van der Waals surface area contributed by atoms with Crippen molar-refractivity contribution < 1.29 is 9.50 Å². The summed E-state index contributed by atoms with van der Waals surface area (Å²) in [6.07, 6.45) is 2.83. The van der Waals surface area contributed by atoms with Crippen LogP contribution in [0.3, 0.4) is 0 Å². The van der Waals surface area contributed by atoms with Crippen LogP contribution in [-0.4, -0.2) is 28.0 Å². The summed E-state index contributed by atoms with van der Waals surface area (Å²) >= 11 is 0. The van der Waals surface area contributed by atoms with Crippen LogP contribution in [-0.2, 0) is 5.41 Å².